The van der Waals surface area contributed by atoms with Crippen LogP contribution in [0.3, 0.4) is 0 Å². The van der Waals surface area contributed by atoms with Crippen molar-refractivity contribution in [1.29, 1.82) is 0 Å². The van der Waals surface area contributed by atoms with Crippen LogP contribution in [0.1, 0.15) is 23.7 Å². The number of carbonyl (C=O) groups excluding carboxylic acids is 1. The number of nitrogens with one attached hydrogen (secondary N) is 1. The van der Waals surface area contributed by atoms with Gasteiger partial charge < -0.3 is 15.2 Å². The summed E-state index contributed by atoms with van der Waals surface area (Å²) in [6.45, 7) is 1.93. The van der Waals surface area contributed by atoms with Crippen molar-refractivity contribution in [3.05, 3.63) is 23.8 Å². The van der Waals surface area contributed by atoms with Crippen molar-refractivity contribution in [2.24, 2.45) is 0 Å². The molecule has 0 bridgehead atoms. The Labute approximate surface area is 106 Å². The number of phenolic OH excluding ortho intramolecular Hbond substituents is 1. The van der Waals surface area contributed by atoms with Crippen LogP contribution in [0.25, 0.3) is 0 Å². The molecule has 2 N–H and O–H groups in total. The molecule has 0 aromatic heterocycles. The van der Waals surface area contributed by atoms with Crippen LogP contribution in [-0.4, -0.2) is 30.0 Å². The molecule has 94 valence electrons. The molecule has 1 atom stereocenters. The van der Waals surface area contributed by atoms with Crippen molar-refractivity contribution >= 4 is 17.5 Å². The summed E-state index contributed by atoms with van der Waals surface area (Å²) in [5.41, 5.74) is 0.217. The standard InChI is InChI=1S/C12H16ClNO3/c1-3-8(7-13)14-12(16)10-5-4-9(17-2)6-11(10)15/h4-6,8,15H,3,7H2,1-2H3,(H,14,16). The number of phenols is 1. The molecule has 0 aliphatic rings. The topological polar surface area (TPSA) is 58.6 Å². The van der Waals surface area contributed by atoms with Gasteiger partial charge in [-0.05, 0) is 18.6 Å². The molecule has 0 saturated heterocycles. The van der Waals surface area contributed by atoms with Crippen LogP contribution in [-0.2, 0) is 0 Å². The molecular weight excluding hydrogens is 242 g/mol. The quantitative estimate of drug-likeness (QED) is 0.795. The van der Waals surface area contributed by atoms with Gasteiger partial charge >= 0.3 is 0 Å². The Bertz CT molecular complexity index is 391. The summed E-state index contributed by atoms with van der Waals surface area (Å²) in [7, 11) is 1.50. The average molecular weight is 258 g/mol. The second-order valence-electron chi connectivity index (χ2n) is 3.62. The number of halogens is 1. The van der Waals surface area contributed by atoms with Gasteiger partial charge in [-0.2, -0.15) is 0 Å². The fourth-order valence-corrected chi connectivity index (χ4v) is 1.64. The Morgan fingerprint density at radius 1 is 1.59 bits per heavy atom. The first-order valence-electron chi connectivity index (χ1n) is 5.36. The molecular formula is C12H16ClNO3. The predicted octanol–water partition coefficient (Wildman–Crippen LogP) is 2.15. The van der Waals surface area contributed by atoms with E-state index >= 15 is 0 Å². The summed E-state index contributed by atoms with van der Waals surface area (Å²) in [4.78, 5) is 11.8. The number of methoxy groups -OCH3 is 1. The maximum atomic E-state index is 11.8. The zero-order chi connectivity index (χ0) is 12.8. The van der Waals surface area contributed by atoms with Gasteiger partial charge in [0.1, 0.15) is 11.5 Å². The molecule has 1 aromatic carbocycles. The van der Waals surface area contributed by atoms with Crippen molar-refractivity contribution in [1.82, 2.24) is 5.32 Å². The maximum Gasteiger partial charge on any atom is 0.255 e. The van der Waals surface area contributed by atoms with Gasteiger partial charge in [-0.15, -0.1) is 11.6 Å². The smallest absolute Gasteiger partial charge is 0.255 e. The summed E-state index contributed by atoms with van der Waals surface area (Å²) in [6.07, 6.45) is 0.742. The number of ether oxygens (including phenoxy) is 1. The second kappa shape index (κ2) is 6.35. The fourth-order valence-electron chi connectivity index (χ4n) is 1.34. The van der Waals surface area contributed by atoms with Crippen molar-refractivity contribution in [2.45, 2.75) is 19.4 Å². The summed E-state index contributed by atoms with van der Waals surface area (Å²) >= 11 is 5.69. The Morgan fingerprint density at radius 2 is 2.29 bits per heavy atom. The van der Waals surface area contributed by atoms with Gasteiger partial charge in [0.2, 0.25) is 0 Å². The predicted molar refractivity (Wildman–Crippen MR) is 66.9 cm³/mol. The van der Waals surface area contributed by atoms with Gasteiger partial charge in [-0.25, -0.2) is 0 Å². The minimum absolute atomic E-state index is 0.0920. The fraction of sp³-hybridized carbons (Fsp3) is 0.417. The van der Waals surface area contributed by atoms with Crippen molar-refractivity contribution < 1.29 is 14.6 Å². The monoisotopic (exact) mass is 257 g/mol. The van der Waals surface area contributed by atoms with Crippen LogP contribution in [0.5, 0.6) is 11.5 Å². The van der Waals surface area contributed by atoms with Gasteiger partial charge in [0.15, 0.2) is 0 Å². The molecule has 5 heteroatoms. The lowest BCUT2D eigenvalue weighted by Crippen LogP contribution is -2.35. The molecule has 1 amide bonds. The molecule has 0 heterocycles. The largest absolute Gasteiger partial charge is 0.507 e. The third-order valence-corrected chi connectivity index (χ3v) is 2.84. The van der Waals surface area contributed by atoms with E-state index in [1.54, 1.807) is 6.07 Å². The van der Waals surface area contributed by atoms with E-state index in [2.05, 4.69) is 5.32 Å². The highest BCUT2D eigenvalue weighted by Gasteiger charge is 2.15. The molecule has 0 radical (unpaired) electrons. The lowest BCUT2D eigenvalue weighted by Gasteiger charge is -2.14. The summed E-state index contributed by atoms with van der Waals surface area (Å²) in [5, 5.41) is 12.4. The Hall–Kier alpha value is -1.42. The van der Waals surface area contributed by atoms with Crippen LogP contribution < -0.4 is 10.1 Å². The van der Waals surface area contributed by atoms with E-state index < -0.39 is 0 Å². The molecule has 0 aliphatic carbocycles. The van der Waals surface area contributed by atoms with E-state index in [1.807, 2.05) is 6.92 Å². The lowest BCUT2D eigenvalue weighted by molar-refractivity contribution is 0.0937. The Morgan fingerprint density at radius 3 is 2.76 bits per heavy atom. The average Bonchev–Trinajstić information content (AvgIpc) is 2.35. The third kappa shape index (κ3) is 3.53. The van der Waals surface area contributed by atoms with Crippen LogP contribution in [0.2, 0.25) is 0 Å². The van der Waals surface area contributed by atoms with Gasteiger partial charge in [0, 0.05) is 18.0 Å². The molecule has 4 nitrogen and oxygen atoms in total. The number of carbonyl (C=O) groups is 1. The molecule has 0 fully saturated rings. The van der Waals surface area contributed by atoms with Crippen LogP contribution in [0.4, 0.5) is 0 Å². The van der Waals surface area contributed by atoms with Crippen molar-refractivity contribution in [3.8, 4) is 11.5 Å². The molecule has 0 saturated carbocycles. The second-order valence-corrected chi connectivity index (χ2v) is 3.92. The summed E-state index contributed by atoms with van der Waals surface area (Å²) in [6, 6.07) is 4.45. The number of hydrogen-bond donors (Lipinski definition) is 2. The third-order valence-electron chi connectivity index (χ3n) is 2.46. The van der Waals surface area contributed by atoms with Gasteiger partial charge in [-0.3, -0.25) is 4.79 Å². The highest BCUT2D eigenvalue weighted by molar-refractivity contribution is 6.18. The molecule has 1 aromatic rings. The Kier molecular flexibility index (Phi) is 5.10. The van der Waals surface area contributed by atoms with Gasteiger partial charge in [0.05, 0.1) is 12.7 Å². The zero-order valence-electron chi connectivity index (χ0n) is 9.87. The first kappa shape index (κ1) is 13.6. The van der Waals surface area contributed by atoms with Crippen molar-refractivity contribution in [2.75, 3.05) is 13.0 Å². The summed E-state index contributed by atoms with van der Waals surface area (Å²) in [5.74, 6) is 0.409. The number of rotatable bonds is 5. The van der Waals surface area contributed by atoms with Gasteiger partial charge in [0.25, 0.3) is 5.91 Å². The highest BCUT2D eigenvalue weighted by Crippen LogP contribution is 2.23. The summed E-state index contributed by atoms with van der Waals surface area (Å²) < 4.78 is 4.94. The SMILES string of the molecule is CCC(CCl)NC(=O)c1ccc(OC)cc1O. The van der Waals surface area contributed by atoms with E-state index in [9.17, 15) is 9.90 Å². The first-order valence-corrected chi connectivity index (χ1v) is 5.89. The minimum Gasteiger partial charge on any atom is -0.507 e. The Balaban J connectivity index is 2.82. The van der Waals surface area contributed by atoms with Crippen LogP contribution in [0.15, 0.2) is 18.2 Å². The van der Waals surface area contributed by atoms with E-state index in [1.165, 1.54) is 19.2 Å². The lowest BCUT2D eigenvalue weighted by atomic mass is 10.1. The van der Waals surface area contributed by atoms with E-state index in [4.69, 9.17) is 16.3 Å². The molecule has 0 spiro atoms. The highest BCUT2D eigenvalue weighted by atomic mass is 35.5. The van der Waals surface area contributed by atoms with Crippen LogP contribution >= 0.6 is 11.6 Å². The number of amides is 1. The molecule has 17 heavy (non-hydrogen) atoms. The van der Waals surface area contributed by atoms with Crippen LogP contribution in [0, 0.1) is 0 Å². The van der Waals surface area contributed by atoms with E-state index in [0.29, 0.717) is 11.6 Å². The number of aromatic hydroxyl groups is 1. The van der Waals surface area contributed by atoms with E-state index in [0.717, 1.165) is 6.42 Å². The molecule has 0 aliphatic heterocycles. The van der Waals surface area contributed by atoms with Crippen molar-refractivity contribution in [3.63, 3.8) is 0 Å². The minimum atomic E-state index is -0.336. The molecule has 1 rings (SSSR count). The zero-order valence-corrected chi connectivity index (χ0v) is 10.6. The van der Waals surface area contributed by atoms with E-state index in [-0.39, 0.29) is 23.3 Å². The van der Waals surface area contributed by atoms with Gasteiger partial charge in [-0.1, -0.05) is 6.92 Å². The number of hydrogen-bond acceptors (Lipinski definition) is 3. The first-order chi connectivity index (χ1) is 8.12. The molecule has 1 unspecified atom stereocenters. The normalized spacial score (nSPS) is 11.9. The number of alkyl halides is 1. The maximum absolute atomic E-state index is 11.8. The number of benzene rings is 1.